The molecule has 1 rings (SSSR count). The highest BCUT2D eigenvalue weighted by molar-refractivity contribution is 7.89. The van der Waals surface area contributed by atoms with Gasteiger partial charge in [0.05, 0.1) is 18.4 Å². The van der Waals surface area contributed by atoms with Gasteiger partial charge in [-0.1, -0.05) is 6.92 Å². The fraction of sp³-hybridized carbons (Fsp3) is 0.500. The van der Waals surface area contributed by atoms with E-state index in [1.54, 1.807) is 32.9 Å². The van der Waals surface area contributed by atoms with Gasteiger partial charge in [-0.05, 0) is 37.1 Å². The molecule has 0 unspecified atom stereocenters. The largest absolute Gasteiger partial charge is 0.497 e. The Bertz CT molecular complexity index is 601. The first-order chi connectivity index (χ1) is 9.73. The summed E-state index contributed by atoms with van der Waals surface area (Å²) in [6.45, 7) is 5.27. The maximum absolute atomic E-state index is 12.7. The average molecular weight is 315 g/mol. The van der Waals surface area contributed by atoms with E-state index in [1.807, 2.05) is 0 Å². The third-order valence-electron chi connectivity index (χ3n) is 3.20. The first kappa shape index (κ1) is 17.5. The Morgan fingerprint density at radius 3 is 2.19 bits per heavy atom. The summed E-state index contributed by atoms with van der Waals surface area (Å²) in [7, 11) is -2.20. The van der Waals surface area contributed by atoms with Crippen molar-refractivity contribution in [1.29, 1.82) is 0 Å². The van der Waals surface area contributed by atoms with E-state index >= 15 is 0 Å². The van der Waals surface area contributed by atoms with Crippen molar-refractivity contribution in [3.8, 4) is 5.75 Å². The zero-order valence-corrected chi connectivity index (χ0v) is 13.5. The predicted molar refractivity (Wildman–Crippen MR) is 79.2 cm³/mol. The van der Waals surface area contributed by atoms with Crippen molar-refractivity contribution < 1.29 is 23.1 Å². The monoisotopic (exact) mass is 315 g/mol. The number of rotatable bonds is 7. The molecular weight excluding hydrogens is 294 g/mol. The van der Waals surface area contributed by atoms with Gasteiger partial charge < -0.3 is 9.84 Å². The van der Waals surface area contributed by atoms with Crippen LogP contribution in [0.1, 0.15) is 24.5 Å². The van der Waals surface area contributed by atoms with Gasteiger partial charge in [0.15, 0.2) is 0 Å². The van der Waals surface area contributed by atoms with E-state index in [-0.39, 0.29) is 24.4 Å². The van der Waals surface area contributed by atoms with E-state index in [0.717, 1.165) is 0 Å². The number of methoxy groups -OCH3 is 1. The van der Waals surface area contributed by atoms with E-state index in [1.165, 1.54) is 11.4 Å². The highest BCUT2D eigenvalue weighted by Crippen LogP contribution is 2.28. The highest BCUT2D eigenvalue weighted by Gasteiger charge is 2.27. The fourth-order valence-corrected chi connectivity index (χ4v) is 4.09. The van der Waals surface area contributed by atoms with Crippen LogP contribution in [0.4, 0.5) is 0 Å². The molecule has 1 aromatic rings. The Labute approximate surface area is 125 Å². The molecule has 0 bridgehead atoms. The minimum absolute atomic E-state index is 0.0426. The van der Waals surface area contributed by atoms with Gasteiger partial charge in [0, 0.05) is 13.1 Å². The number of aryl methyl sites for hydroxylation is 2. The van der Waals surface area contributed by atoms with E-state index in [4.69, 9.17) is 9.84 Å². The fourth-order valence-electron chi connectivity index (χ4n) is 2.23. The number of hydrogen-bond acceptors (Lipinski definition) is 4. The number of hydrogen-bond donors (Lipinski definition) is 1. The maximum Gasteiger partial charge on any atom is 0.304 e. The van der Waals surface area contributed by atoms with Gasteiger partial charge in [-0.2, -0.15) is 4.31 Å². The van der Waals surface area contributed by atoms with Gasteiger partial charge in [0.1, 0.15) is 5.75 Å². The number of nitrogens with zero attached hydrogens (tertiary/aromatic N) is 1. The number of benzene rings is 1. The Hall–Kier alpha value is -1.60. The molecule has 118 valence electrons. The number of sulfonamides is 1. The smallest absolute Gasteiger partial charge is 0.304 e. The molecule has 0 aliphatic carbocycles. The van der Waals surface area contributed by atoms with Gasteiger partial charge in [-0.15, -0.1) is 0 Å². The molecule has 0 saturated carbocycles. The van der Waals surface area contributed by atoms with E-state index in [9.17, 15) is 13.2 Å². The van der Waals surface area contributed by atoms with Crippen LogP contribution in [0.5, 0.6) is 5.75 Å². The van der Waals surface area contributed by atoms with Crippen molar-refractivity contribution >= 4 is 16.0 Å². The van der Waals surface area contributed by atoms with Crippen molar-refractivity contribution in [3.63, 3.8) is 0 Å². The van der Waals surface area contributed by atoms with Gasteiger partial charge in [0.2, 0.25) is 10.0 Å². The number of ether oxygens (including phenoxy) is 1. The van der Waals surface area contributed by atoms with Crippen LogP contribution < -0.4 is 4.74 Å². The summed E-state index contributed by atoms with van der Waals surface area (Å²) in [4.78, 5) is 10.9. The van der Waals surface area contributed by atoms with Crippen molar-refractivity contribution in [2.75, 3.05) is 20.2 Å². The van der Waals surface area contributed by atoms with Crippen LogP contribution in [-0.2, 0) is 14.8 Å². The Balaban J connectivity index is 3.26. The molecule has 1 N–H and O–H groups in total. The van der Waals surface area contributed by atoms with Crippen LogP contribution in [0.25, 0.3) is 0 Å². The van der Waals surface area contributed by atoms with Crippen LogP contribution in [0.15, 0.2) is 17.0 Å². The third kappa shape index (κ3) is 3.95. The van der Waals surface area contributed by atoms with Crippen molar-refractivity contribution in [2.24, 2.45) is 0 Å². The second-order valence-electron chi connectivity index (χ2n) is 4.73. The Morgan fingerprint density at radius 1 is 1.29 bits per heavy atom. The minimum atomic E-state index is -3.72. The normalized spacial score (nSPS) is 11.7. The minimum Gasteiger partial charge on any atom is -0.497 e. The molecule has 0 heterocycles. The molecule has 0 saturated heterocycles. The molecule has 21 heavy (non-hydrogen) atoms. The zero-order chi connectivity index (χ0) is 16.2. The van der Waals surface area contributed by atoms with Gasteiger partial charge in [-0.25, -0.2) is 8.42 Å². The second-order valence-corrected chi connectivity index (χ2v) is 6.61. The zero-order valence-electron chi connectivity index (χ0n) is 12.7. The number of carbonyl (C=O) groups is 1. The van der Waals surface area contributed by atoms with Crippen LogP contribution in [0, 0.1) is 13.8 Å². The third-order valence-corrected chi connectivity index (χ3v) is 5.48. The molecule has 1 aromatic carbocycles. The molecule has 0 fully saturated rings. The van der Waals surface area contributed by atoms with Crippen LogP contribution in [-0.4, -0.2) is 44.0 Å². The lowest BCUT2D eigenvalue weighted by atomic mass is 10.1. The maximum atomic E-state index is 12.7. The second kappa shape index (κ2) is 6.91. The molecule has 6 nitrogen and oxygen atoms in total. The van der Waals surface area contributed by atoms with E-state index in [2.05, 4.69) is 0 Å². The summed E-state index contributed by atoms with van der Waals surface area (Å²) in [5.41, 5.74) is 1.17. The van der Waals surface area contributed by atoms with Crippen molar-refractivity contribution in [3.05, 3.63) is 23.3 Å². The molecule has 0 aliphatic heterocycles. The van der Waals surface area contributed by atoms with Crippen LogP contribution in [0.3, 0.4) is 0 Å². The number of carboxylic acid groups (broad SMARTS) is 1. The SMILES string of the molecule is CCN(CCC(=O)O)S(=O)(=O)c1c(C)cc(OC)cc1C. The molecule has 0 amide bonds. The first-order valence-electron chi connectivity index (χ1n) is 6.61. The predicted octanol–water partition coefficient (Wildman–Crippen LogP) is 1.80. The lowest BCUT2D eigenvalue weighted by Gasteiger charge is -2.22. The van der Waals surface area contributed by atoms with Crippen LogP contribution >= 0.6 is 0 Å². The van der Waals surface area contributed by atoms with Crippen molar-refractivity contribution in [1.82, 2.24) is 4.31 Å². The summed E-state index contributed by atoms with van der Waals surface area (Å²) in [5.74, 6) is -0.427. The average Bonchev–Trinajstić information content (AvgIpc) is 2.37. The summed E-state index contributed by atoms with van der Waals surface area (Å²) in [5, 5.41) is 8.73. The van der Waals surface area contributed by atoms with E-state index < -0.39 is 16.0 Å². The first-order valence-corrected chi connectivity index (χ1v) is 8.05. The summed E-state index contributed by atoms with van der Waals surface area (Å²) in [6, 6.07) is 3.32. The molecule has 0 radical (unpaired) electrons. The summed E-state index contributed by atoms with van der Waals surface area (Å²) in [6.07, 6.45) is -0.221. The Kier molecular flexibility index (Phi) is 5.74. The molecular formula is C14H21NO5S. The van der Waals surface area contributed by atoms with E-state index in [0.29, 0.717) is 16.9 Å². The number of carboxylic acids is 1. The molecule has 0 spiro atoms. The number of aliphatic carboxylic acids is 1. The van der Waals surface area contributed by atoms with Gasteiger partial charge >= 0.3 is 5.97 Å². The highest BCUT2D eigenvalue weighted by atomic mass is 32.2. The topological polar surface area (TPSA) is 83.9 Å². The molecule has 0 aliphatic rings. The lowest BCUT2D eigenvalue weighted by Crippen LogP contribution is -2.33. The quantitative estimate of drug-likeness (QED) is 0.829. The standard InChI is InChI=1S/C14H21NO5S/c1-5-15(7-6-13(16)17)21(18,19)14-10(2)8-12(20-4)9-11(14)3/h8-9H,5-7H2,1-4H3,(H,16,17). The molecule has 0 atom stereocenters. The summed E-state index contributed by atoms with van der Waals surface area (Å²) < 4.78 is 31.7. The van der Waals surface area contributed by atoms with Gasteiger partial charge in [0.25, 0.3) is 0 Å². The Morgan fingerprint density at radius 2 is 1.81 bits per heavy atom. The summed E-state index contributed by atoms with van der Waals surface area (Å²) >= 11 is 0. The van der Waals surface area contributed by atoms with Crippen molar-refractivity contribution in [2.45, 2.75) is 32.1 Å². The van der Waals surface area contributed by atoms with Gasteiger partial charge in [-0.3, -0.25) is 4.79 Å². The molecule has 0 aromatic heterocycles. The lowest BCUT2D eigenvalue weighted by molar-refractivity contribution is -0.137. The molecule has 7 heteroatoms. The van der Waals surface area contributed by atoms with Crippen LogP contribution in [0.2, 0.25) is 0 Å².